The first-order valence-electron chi connectivity index (χ1n) is 10.9. The molecule has 1 aromatic heterocycles. The van der Waals surface area contributed by atoms with Gasteiger partial charge in [0.15, 0.2) is 11.6 Å². The molecule has 3 fully saturated rings. The second kappa shape index (κ2) is 8.69. The second-order valence-corrected chi connectivity index (χ2v) is 8.71. The molecular formula is C22H32N4O3. The predicted octanol–water partition coefficient (Wildman–Crippen LogP) is 2.31. The fraction of sp³-hybridized carbons (Fsp3) is 0.682. The van der Waals surface area contributed by atoms with Gasteiger partial charge in [-0.2, -0.15) is 0 Å². The normalized spacial score (nSPS) is 22.5. The lowest BCUT2D eigenvalue weighted by atomic mass is 9.76. The van der Waals surface area contributed by atoms with Crippen LogP contribution in [-0.4, -0.2) is 73.0 Å². The Morgan fingerprint density at radius 3 is 2.38 bits per heavy atom. The summed E-state index contributed by atoms with van der Waals surface area (Å²) in [6, 6.07) is 3.83. The van der Waals surface area contributed by atoms with Gasteiger partial charge in [-0.3, -0.25) is 19.4 Å². The van der Waals surface area contributed by atoms with E-state index in [4.69, 9.17) is 4.74 Å². The maximum Gasteiger partial charge on any atom is 0.229 e. The van der Waals surface area contributed by atoms with Crippen molar-refractivity contribution in [2.24, 2.45) is 5.41 Å². The number of aromatic nitrogens is 1. The molecule has 0 atom stereocenters. The highest BCUT2D eigenvalue weighted by atomic mass is 16.5. The number of imide groups is 1. The zero-order chi connectivity index (χ0) is 20.3. The van der Waals surface area contributed by atoms with Crippen LogP contribution in [0.25, 0.3) is 0 Å². The summed E-state index contributed by atoms with van der Waals surface area (Å²) in [6.45, 7) is 5.17. The van der Waals surface area contributed by atoms with Gasteiger partial charge >= 0.3 is 0 Å². The molecule has 2 amide bonds. The molecule has 1 spiro atoms. The van der Waals surface area contributed by atoms with Crippen molar-refractivity contribution >= 4 is 17.6 Å². The Labute approximate surface area is 173 Å². The molecule has 1 aliphatic carbocycles. The molecule has 0 radical (unpaired) electrons. The van der Waals surface area contributed by atoms with Crippen LogP contribution in [0.15, 0.2) is 18.3 Å². The molecule has 158 valence electrons. The van der Waals surface area contributed by atoms with E-state index in [1.54, 1.807) is 13.3 Å². The lowest BCUT2D eigenvalue weighted by Crippen LogP contribution is -2.49. The van der Waals surface area contributed by atoms with E-state index in [0.29, 0.717) is 19.4 Å². The minimum atomic E-state index is -0.00642. The lowest BCUT2D eigenvalue weighted by molar-refractivity contribution is -0.153. The van der Waals surface area contributed by atoms with Crippen molar-refractivity contribution in [3.8, 4) is 5.75 Å². The van der Waals surface area contributed by atoms with Gasteiger partial charge in [-0.15, -0.1) is 0 Å². The van der Waals surface area contributed by atoms with Crippen LogP contribution in [0.1, 0.15) is 44.9 Å². The number of hydrogen-bond acceptors (Lipinski definition) is 6. The van der Waals surface area contributed by atoms with Crippen LogP contribution in [0.2, 0.25) is 0 Å². The molecule has 1 aromatic rings. The highest BCUT2D eigenvalue weighted by molar-refractivity contribution is 5.98. The van der Waals surface area contributed by atoms with Crippen molar-refractivity contribution in [3.63, 3.8) is 0 Å². The summed E-state index contributed by atoms with van der Waals surface area (Å²) in [6.07, 6.45) is 8.21. The number of piperazine rings is 1. The Morgan fingerprint density at radius 2 is 1.72 bits per heavy atom. The molecule has 0 unspecified atom stereocenters. The molecular weight excluding hydrogens is 368 g/mol. The summed E-state index contributed by atoms with van der Waals surface area (Å²) >= 11 is 0. The zero-order valence-electron chi connectivity index (χ0n) is 17.4. The molecule has 2 aliphatic heterocycles. The van der Waals surface area contributed by atoms with Gasteiger partial charge < -0.3 is 9.64 Å². The molecule has 3 heterocycles. The third kappa shape index (κ3) is 4.39. The van der Waals surface area contributed by atoms with Crippen LogP contribution in [0.5, 0.6) is 5.75 Å². The first-order valence-corrected chi connectivity index (χ1v) is 10.9. The number of methoxy groups -OCH3 is 1. The van der Waals surface area contributed by atoms with E-state index >= 15 is 0 Å². The topological polar surface area (TPSA) is 66.0 Å². The number of anilines is 1. The van der Waals surface area contributed by atoms with Crippen molar-refractivity contribution < 1.29 is 14.3 Å². The summed E-state index contributed by atoms with van der Waals surface area (Å²) in [5.41, 5.74) is -0.00642. The molecule has 3 aliphatic rings. The van der Waals surface area contributed by atoms with E-state index in [2.05, 4.69) is 14.8 Å². The Kier molecular flexibility index (Phi) is 6.04. The van der Waals surface area contributed by atoms with Crippen LogP contribution in [-0.2, 0) is 9.59 Å². The standard InChI is InChI=1S/C22H32N4O3/c1-29-18-6-4-9-23-21(18)25-14-12-24(13-15-25)10-5-11-26-19(27)16-22(17-20(26)28)7-2-3-8-22/h4,6,9H,2-3,5,7-8,10-17H2,1H3. The van der Waals surface area contributed by atoms with Gasteiger partial charge in [-0.1, -0.05) is 12.8 Å². The van der Waals surface area contributed by atoms with E-state index in [1.807, 2.05) is 12.1 Å². The number of carbonyl (C=O) groups is 2. The first kappa shape index (κ1) is 20.1. The van der Waals surface area contributed by atoms with E-state index in [1.165, 1.54) is 4.90 Å². The number of hydrogen-bond donors (Lipinski definition) is 0. The molecule has 7 heteroatoms. The average Bonchev–Trinajstić information content (AvgIpc) is 3.17. The van der Waals surface area contributed by atoms with Gasteiger partial charge in [-0.25, -0.2) is 4.98 Å². The number of ether oxygens (including phenoxy) is 1. The molecule has 4 rings (SSSR count). The number of likely N-dealkylation sites (tertiary alicyclic amines) is 1. The van der Waals surface area contributed by atoms with Gasteiger partial charge in [0.05, 0.1) is 7.11 Å². The number of pyridine rings is 1. The predicted molar refractivity (Wildman–Crippen MR) is 111 cm³/mol. The van der Waals surface area contributed by atoms with Gasteiger partial charge in [0.2, 0.25) is 11.8 Å². The molecule has 2 saturated heterocycles. The highest BCUT2D eigenvalue weighted by Crippen LogP contribution is 2.46. The summed E-state index contributed by atoms with van der Waals surface area (Å²) in [5, 5.41) is 0. The zero-order valence-corrected chi connectivity index (χ0v) is 17.4. The third-order valence-electron chi connectivity index (χ3n) is 6.82. The van der Waals surface area contributed by atoms with E-state index < -0.39 is 0 Å². The lowest BCUT2D eigenvalue weighted by Gasteiger charge is -2.38. The summed E-state index contributed by atoms with van der Waals surface area (Å²) in [4.78, 5) is 35.8. The average molecular weight is 401 g/mol. The quantitative estimate of drug-likeness (QED) is 0.683. The number of nitrogens with zero attached hydrogens (tertiary/aromatic N) is 4. The van der Waals surface area contributed by atoms with Crippen molar-refractivity contribution in [1.82, 2.24) is 14.8 Å². The highest BCUT2D eigenvalue weighted by Gasteiger charge is 2.44. The minimum Gasteiger partial charge on any atom is -0.493 e. The van der Waals surface area contributed by atoms with Crippen LogP contribution in [0.4, 0.5) is 5.82 Å². The molecule has 0 aromatic carbocycles. The molecule has 7 nitrogen and oxygen atoms in total. The number of piperidine rings is 1. The monoisotopic (exact) mass is 400 g/mol. The van der Waals surface area contributed by atoms with E-state index in [0.717, 1.165) is 76.4 Å². The third-order valence-corrected chi connectivity index (χ3v) is 6.82. The van der Waals surface area contributed by atoms with Crippen LogP contribution >= 0.6 is 0 Å². The van der Waals surface area contributed by atoms with Crippen molar-refractivity contribution in [3.05, 3.63) is 18.3 Å². The van der Waals surface area contributed by atoms with Crippen LogP contribution < -0.4 is 9.64 Å². The number of amides is 2. The molecule has 0 N–H and O–H groups in total. The van der Waals surface area contributed by atoms with Crippen molar-refractivity contribution in [2.75, 3.05) is 51.3 Å². The summed E-state index contributed by atoms with van der Waals surface area (Å²) < 4.78 is 5.43. The number of carbonyl (C=O) groups excluding carboxylic acids is 2. The van der Waals surface area contributed by atoms with Crippen molar-refractivity contribution in [2.45, 2.75) is 44.9 Å². The largest absolute Gasteiger partial charge is 0.493 e. The van der Waals surface area contributed by atoms with Gasteiger partial charge in [0, 0.05) is 51.8 Å². The molecule has 29 heavy (non-hydrogen) atoms. The SMILES string of the molecule is COc1cccnc1N1CCN(CCCN2C(=O)CC3(CCCC3)CC2=O)CC1. The first-order chi connectivity index (χ1) is 14.1. The van der Waals surface area contributed by atoms with Crippen LogP contribution in [0.3, 0.4) is 0 Å². The van der Waals surface area contributed by atoms with Gasteiger partial charge in [-0.05, 0) is 43.4 Å². The fourth-order valence-electron chi connectivity index (χ4n) is 5.18. The smallest absolute Gasteiger partial charge is 0.229 e. The Hall–Kier alpha value is -2.15. The van der Waals surface area contributed by atoms with E-state index in [-0.39, 0.29) is 17.2 Å². The Morgan fingerprint density at radius 1 is 1.03 bits per heavy atom. The number of rotatable bonds is 6. The maximum atomic E-state index is 12.6. The minimum absolute atomic E-state index is 0.00642. The maximum absolute atomic E-state index is 12.6. The van der Waals surface area contributed by atoms with Crippen LogP contribution in [0, 0.1) is 5.41 Å². The summed E-state index contributed by atoms with van der Waals surface area (Å²) in [7, 11) is 1.68. The summed E-state index contributed by atoms with van der Waals surface area (Å²) in [5.74, 6) is 1.81. The Balaban J connectivity index is 1.22. The molecule has 0 bridgehead atoms. The Bertz CT molecular complexity index is 719. The fourth-order valence-corrected chi connectivity index (χ4v) is 5.18. The van der Waals surface area contributed by atoms with Gasteiger partial charge in [0.25, 0.3) is 0 Å². The van der Waals surface area contributed by atoms with Crippen molar-refractivity contribution in [1.29, 1.82) is 0 Å². The van der Waals surface area contributed by atoms with E-state index in [9.17, 15) is 9.59 Å². The molecule has 1 saturated carbocycles. The van der Waals surface area contributed by atoms with Gasteiger partial charge in [0.1, 0.15) is 0 Å². The second-order valence-electron chi connectivity index (χ2n) is 8.71.